The fourth-order valence-corrected chi connectivity index (χ4v) is 3.52. The van der Waals surface area contributed by atoms with E-state index in [1.165, 1.54) is 7.05 Å². The molecule has 0 spiro atoms. The van der Waals surface area contributed by atoms with Gasteiger partial charge in [-0.15, -0.1) is 5.10 Å². The molecule has 1 aromatic rings. The molecule has 0 bridgehead atoms. The Morgan fingerprint density at radius 2 is 2.16 bits per heavy atom. The molecule has 0 saturated heterocycles. The van der Waals surface area contributed by atoms with Gasteiger partial charge >= 0.3 is 5.97 Å². The van der Waals surface area contributed by atoms with Crippen LogP contribution in [0.25, 0.3) is 0 Å². The minimum absolute atomic E-state index is 0.0780. The van der Waals surface area contributed by atoms with Crippen molar-refractivity contribution in [2.45, 2.75) is 17.5 Å². The summed E-state index contributed by atoms with van der Waals surface area (Å²) < 4.78 is 26.7. The molecular weight excluding hydrogens is 346 g/mol. The summed E-state index contributed by atoms with van der Waals surface area (Å²) in [5, 5.41) is 15.4. The van der Waals surface area contributed by atoms with Crippen molar-refractivity contribution in [2.75, 3.05) is 0 Å². The number of carboxylic acid groups (broad SMARTS) is 1. The third kappa shape index (κ3) is 3.71. The van der Waals surface area contributed by atoms with Crippen LogP contribution in [0.15, 0.2) is 9.63 Å². The van der Waals surface area contributed by atoms with Crippen LogP contribution in [-0.2, 0) is 26.7 Å². The van der Waals surface area contributed by atoms with E-state index in [9.17, 15) is 18.0 Å². The number of nitrogens with one attached hydrogen (secondary N) is 1. The van der Waals surface area contributed by atoms with Gasteiger partial charge in [-0.25, -0.2) is 13.1 Å². The number of aromatic nitrogens is 3. The topological polar surface area (TPSA) is 157 Å². The van der Waals surface area contributed by atoms with Crippen molar-refractivity contribution >= 4 is 37.8 Å². The standard InChI is InChI=1S/C7H10BrN5O5S/c1-13-6(5(8)10-12-13)19(17,18)11-3(7(15)16)2-4(9)14/h3,11H,2H2,1H3,(H2,9,14)(H,15,16). The van der Waals surface area contributed by atoms with Gasteiger partial charge in [0.05, 0.1) is 6.42 Å². The van der Waals surface area contributed by atoms with Gasteiger partial charge < -0.3 is 10.8 Å². The lowest BCUT2D eigenvalue weighted by Gasteiger charge is -2.13. The third-order valence-corrected chi connectivity index (χ3v) is 4.35. The van der Waals surface area contributed by atoms with Gasteiger partial charge in [-0.2, -0.15) is 4.72 Å². The zero-order valence-corrected chi connectivity index (χ0v) is 12.0. The number of primary amides is 1. The Balaban J connectivity index is 3.08. The van der Waals surface area contributed by atoms with Gasteiger partial charge in [-0.05, 0) is 15.9 Å². The van der Waals surface area contributed by atoms with Gasteiger partial charge in [0.2, 0.25) is 10.9 Å². The highest BCUT2D eigenvalue weighted by Gasteiger charge is 2.31. The van der Waals surface area contributed by atoms with Crippen molar-refractivity contribution in [3.05, 3.63) is 4.60 Å². The molecule has 12 heteroatoms. The number of hydrogen-bond acceptors (Lipinski definition) is 6. The first-order valence-corrected chi connectivity index (χ1v) is 7.01. The number of sulfonamides is 1. The summed E-state index contributed by atoms with van der Waals surface area (Å²) in [4.78, 5) is 21.6. The molecule has 0 aromatic carbocycles. The van der Waals surface area contributed by atoms with Crippen LogP contribution < -0.4 is 10.5 Å². The maximum Gasteiger partial charge on any atom is 0.322 e. The fraction of sp³-hybridized carbons (Fsp3) is 0.429. The Morgan fingerprint density at radius 1 is 1.58 bits per heavy atom. The smallest absolute Gasteiger partial charge is 0.322 e. The Kier molecular flexibility index (Phi) is 4.60. The molecular formula is C7H10BrN5O5S. The predicted octanol–water partition coefficient (Wildman–Crippen LogP) is -1.82. The minimum Gasteiger partial charge on any atom is -0.480 e. The zero-order valence-electron chi connectivity index (χ0n) is 9.57. The number of carbonyl (C=O) groups excluding carboxylic acids is 1. The molecule has 106 valence electrons. The molecule has 0 saturated carbocycles. The number of rotatable bonds is 6. The summed E-state index contributed by atoms with van der Waals surface area (Å²) in [5.41, 5.74) is 4.85. The van der Waals surface area contributed by atoms with Crippen molar-refractivity contribution in [2.24, 2.45) is 12.8 Å². The van der Waals surface area contributed by atoms with E-state index in [2.05, 4.69) is 26.2 Å². The lowest BCUT2D eigenvalue weighted by molar-refractivity contribution is -0.140. The number of carboxylic acids is 1. The number of hydrogen-bond donors (Lipinski definition) is 3. The molecule has 1 rings (SSSR count). The maximum absolute atomic E-state index is 12.0. The number of aryl methyl sites for hydroxylation is 1. The van der Waals surface area contributed by atoms with Crippen LogP contribution in [0.2, 0.25) is 0 Å². The van der Waals surface area contributed by atoms with Gasteiger partial charge in [0.1, 0.15) is 6.04 Å². The molecule has 1 heterocycles. The molecule has 0 aliphatic rings. The van der Waals surface area contributed by atoms with Crippen molar-refractivity contribution in [3.8, 4) is 0 Å². The van der Waals surface area contributed by atoms with Crippen molar-refractivity contribution in [3.63, 3.8) is 0 Å². The quantitative estimate of drug-likeness (QED) is 0.542. The Morgan fingerprint density at radius 3 is 2.53 bits per heavy atom. The Hall–Kier alpha value is -1.53. The van der Waals surface area contributed by atoms with Gasteiger partial charge in [0.25, 0.3) is 10.0 Å². The molecule has 1 atom stereocenters. The van der Waals surface area contributed by atoms with E-state index in [0.717, 1.165) is 4.68 Å². The normalized spacial score (nSPS) is 13.2. The number of amides is 1. The Labute approximate surface area is 116 Å². The second-order valence-electron chi connectivity index (χ2n) is 3.49. The maximum atomic E-state index is 12.0. The molecule has 10 nitrogen and oxygen atoms in total. The van der Waals surface area contributed by atoms with E-state index in [0.29, 0.717) is 0 Å². The van der Waals surface area contributed by atoms with E-state index in [-0.39, 0.29) is 9.63 Å². The van der Waals surface area contributed by atoms with E-state index >= 15 is 0 Å². The number of nitrogens with zero attached hydrogens (tertiary/aromatic N) is 3. The molecule has 0 aliphatic heterocycles. The second kappa shape index (κ2) is 5.63. The highest BCUT2D eigenvalue weighted by atomic mass is 79.9. The Bertz CT molecular complexity index is 592. The first-order chi connectivity index (χ1) is 8.65. The molecule has 1 unspecified atom stereocenters. The third-order valence-electron chi connectivity index (χ3n) is 1.99. The van der Waals surface area contributed by atoms with Crippen molar-refractivity contribution in [1.82, 2.24) is 19.7 Å². The molecule has 4 N–H and O–H groups in total. The first kappa shape index (κ1) is 15.5. The van der Waals surface area contributed by atoms with E-state index in [4.69, 9.17) is 10.8 Å². The second-order valence-corrected chi connectivity index (χ2v) is 5.87. The molecule has 0 radical (unpaired) electrons. The molecule has 0 fully saturated rings. The number of nitrogens with two attached hydrogens (primary N) is 1. The number of carbonyl (C=O) groups is 2. The van der Waals surface area contributed by atoms with Crippen LogP contribution in [-0.4, -0.2) is 46.4 Å². The lowest BCUT2D eigenvalue weighted by atomic mass is 10.2. The van der Waals surface area contributed by atoms with E-state index < -0.39 is 34.4 Å². The predicted molar refractivity (Wildman–Crippen MR) is 64.3 cm³/mol. The van der Waals surface area contributed by atoms with E-state index in [1.54, 1.807) is 0 Å². The van der Waals surface area contributed by atoms with Crippen LogP contribution >= 0.6 is 15.9 Å². The average Bonchev–Trinajstić information content (AvgIpc) is 2.56. The highest BCUT2D eigenvalue weighted by Crippen LogP contribution is 2.18. The first-order valence-electron chi connectivity index (χ1n) is 4.73. The van der Waals surface area contributed by atoms with Gasteiger partial charge in [0.15, 0.2) is 4.60 Å². The largest absolute Gasteiger partial charge is 0.480 e. The monoisotopic (exact) mass is 355 g/mol. The molecule has 19 heavy (non-hydrogen) atoms. The van der Waals surface area contributed by atoms with Crippen LogP contribution in [0.1, 0.15) is 6.42 Å². The lowest BCUT2D eigenvalue weighted by Crippen LogP contribution is -2.43. The van der Waals surface area contributed by atoms with E-state index in [1.807, 2.05) is 4.72 Å². The zero-order chi connectivity index (χ0) is 14.8. The summed E-state index contributed by atoms with van der Waals surface area (Å²) in [6.07, 6.45) is -0.669. The number of halogens is 1. The average molecular weight is 356 g/mol. The van der Waals surface area contributed by atoms with Gasteiger partial charge in [-0.1, -0.05) is 5.21 Å². The minimum atomic E-state index is -4.22. The summed E-state index contributed by atoms with van der Waals surface area (Å²) in [5.74, 6) is -2.47. The van der Waals surface area contributed by atoms with Gasteiger partial charge in [0, 0.05) is 7.05 Å². The van der Waals surface area contributed by atoms with Gasteiger partial charge in [-0.3, -0.25) is 9.59 Å². The summed E-state index contributed by atoms with van der Waals surface area (Å²) >= 11 is 2.88. The van der Waals surface area contributed by atoms with Crippen LogP contribution in [0, 0.1) is 0 Å². The molecule has 0 aliphatic carbocycles. The summed E-state index contributed by atoms with van der Waals surface area (Å²) in [7, 11) is -2.90. The summed E-state index contributed by atoms with van der Waals surface area (Å²) in [6, 6.07) is -1.66. The highest BCUT2D eigenvalue weighted by molar-refractivity contribution is 9.10. The van der Waals surface area contributed by atoms with Crippen LogP contribution in [0.3, 0.4) is 0 Å². The SMILES string of the molecule is Cn1nnc(Br)c1S(=O)(=O)NC(CC(N)=O)C(=O)O. The number of aliphatic carboxylic acids is 1. The van der Waals surface area contributed by atoms with Crippen molar-refractivity contribution in [1.29, 1.82) is 0 Å². The van der Waals surface area contributed by atoms with Crippen LogP contribution in [0.4, 0.5) is 0 Å². The van der Waals surface area contributed by atoms with Crippen LogP contribution in [0.5, 0.6) is 0 Å². The summed E-state index contributed by atoms with van der Waals surface area (Å²) in [6.45, 7) is 0. The van der Waals surface area contributed by atoms with Crippen molar-refractivity contribution < 1.29 is 23.1 Å². The molecule has 1 amide bonds. The molecule has 1 aromatic heterocycles. The fourth-order valence-electron chi connectivity index (χ4n) is 1.23.